The number of allylic oxidation sites excluding steroid dienone is 5. The predicted octanol–water partition coefficient (Wildman–Crippen LogP) is 5.13. The number of H-pyrrole nitrogens is 1. The van der Waals surface area contributed by atoms with Gasteiger partial charge in [-0.25, -0.2) is 0 Å². The molecule has 0 bridgehead atoms. The van der Waals surface area contributed by atoms with Crippen LogP contribution >= 0.6 is 0 Å². The van der Waals surface area contributed by atoms with E-state index in [1.165, 1.54) is 0 Å². The van der Waals surface area contributed by atoms with Crippen molar-refractivity contribution >= 4 is 11.9 Å². The van der Waals surface area contributed by atoms with E-state index in [-0.39, 0.29) is 5.78 Å². The Morgan fingerprint density at radius 3 is 2.33 bits per heavy atom. The van der Waals surface area contributed by atoms with Crippen LogP contribution in [0.3, 0.4) is 0 Å². The molecular weight excluding hydrogens is 380 g/mol. The van der Waals surface area contributed by atoms with Crippen LogP contribution in [-0.2, 0) is 4.79 Å². The minimum Gasteiger partial charge on any atom is -0.493 e. The zero-order chi connectivity index (χ0) is 21.7. The first-order chi connectivity index (χ1) is 14.6. The Balaban J connectivity index is 1.91. The third kappa shape index (κ3) is 4.17. The second-order valence-electron chi connectivity index (χ2n) is 6.97. The highest BCUT2D eigenvalue weighted by Crippen LogP contribution is 2.41. The molecule has 0 atom stereocenters. The minimum absolute atomic E-state index is 0.122. The second-order valence-corrected chi connectivity index (χ2v) is 6.97. The van der Waals surface area contributed by atoms with Crippen LogP contribution in [0.1, 0.15) is 38.8 Å². The number of hydrogen-bond acceptors (Lipinski definition) is 5. The lowest BCUT2D eigenvalue weighted by Gasteiger charge is -2.13. The van der Waals surface area contributed by atoms with E-state index in [1.807, 2.05) is 31.2 Å². The number of carbonyl (C=O) groups is 1. The summed E-state index contributed by atoms with van der Waals surface area (Å²) in [4.78, 5) is 12.8. The first-order valence-electron chi connectivity index (χ1n) is 10.1. The van der Waals surface area contributed by atoms with Crippen LogP contribution in [0.5, 0.6) is 17.2 Å². The van der Waals surface area contributed by atoms with Crippen molar-refractivity contribution in [2.75, 3.05) is 21.3 Å². The Kier molecular flexibility index (Phi) is 6.77. The standard InChI is InChI=1S/C24H28N2O4/c1-6-8-9-15-10-17(23(27)19(15)7-2)11-18-14-20(26-25-18)16-12-21(28-3)24(30-5)22(13-16)29-4/h8-9,11-14H,6-7,10H2,1-5H3,(H,25,26)/b9-8-,17-11+. The molecule has 6 nitrogen and oxygen atoms in total. The molecule has 3 rings (SSSR count). The highest BCUT2D eigenvalue weighted by atomic mass is 16.5. The molecule has 1 aromatic carbocycles. The van der Waals surface area contributed by atoms with Crippen LogP contribution in [0.15, 0.2) is 47.1 Å². The number of rotatable bonds is 8. The molecule has 0 aliphatic heterocycles. The van der Waals surface area contributed by atoms with Gasteiger partial charge in [0.05, 0.1) is 32.7 Å². The van der Waals surface area contributed by atoms with Crippen LogP contribution in [0.2, 0.25) is 0 Å². The van der Waals surface area contributed by atoms with Crippen LogP contribution in [-0.4, -0.2) is 37.3 Å². The Morgan fingerprint density at radius 2 is 1.77 bits per heavy atom. The lowest BCUT2D eigenvalue weighted by molar-refractivity contribution is -0.111. The number of methoxy groups -OCH3 is 3. The first-order valence-corrected chi connectivity index (χ1v) is 10.1. The number of benzene rings is 1. The summed E-state index contributed by atoms with van der Waals surface area (Å²) >= 11 is 0. The monoisotopic (exact) mass is 408 g/mol. The highest BCUT2D eigenvalue weighted by molar-refractivity contribution is 6.14. The lowest BCUT2D eigenvalue weighted by atomic mass is 10.1. The number of Topliss-reactive ketones (excluding diaryl/α,β-unsaturated/α-hetero) is 1. The molecule has 0 radical (unpaired) electrons. The molecular formula is C24H28N2O4. The van der Waals surface area contributed by atoms with Crippen LogP contribution in [0, 0.1) is 0 Å². The number of hydrogen-bond donors (Lipinski definition) is 1. The maximum atomic E-state index is 12.8. The molecule has 0 saturated heterocycles. The van der Waals surface area contributed by atoms with E-state index in [1.54, 1.807) is 21.3 Å². The number of ether oxygens (including phenoxy) is 3. The van der Waals surface area contributed by atoms with Gasteiger partial charge in [-0.3, -0.25) is 9.89 Å². The topological polar surface area (TPSA) is 73.4 Å². The van der Waals surface area contributed by atoms with Gasteiger partial charge in [-0.2, -0.15) is 5.10 Å². The van der Waals surface area contributed by atoms with Crippen LogP contribution < -0.4 is 14.2 Å². The summed E-state index contributed by atoms with van der Waals surface area (Å²) in [5, 5.41) is 7.43. The van der Waals surface area contributed by atoms with Gasteiger partial charge in [-0.1, -0.05) is 26.0 Å². The van der Waals surface area contributed by atoms with Crippen LogP contribution in [0.25, 0.3) is 17.3 Å². The van der Waals surface area contributed by atoms with Gasteiger partial charge in [-0.05, 0) is 42.7 Å². The van der Waals surface area contributed by atoms with Gasteiger partial charge < -0.3 is 14.2 Å². The van der Waals surface area contributed by atoms with Crippen molar-refractivity contribution in [3.05, 3.63) is 52.8 Å². The molecule has 0 spiro atoms. The molecule has 30 heavy (non-hydrogen) atoms. The molecule has 1 aliphatic rings. The number of nitrogens with zero attached hydrogens (tertiary/aromatic N) is 1. The molecule has 158 valence electrons. The van der Waals surface area contributed by atoms with Crippen molar-refractivity contribution in [3.8, 4) is 28.5 Å². The fraction of sp³-hybridized carbons (Fsp3) is 0.333. The largest absolute Gasteiger partial charge is 0.493 e. The van der Waals surface area contributed by atoms with Gasteiger partial charge in [-0.15, -0.1) is 0 Å². The maximum absolute atomic E-state index is 12.8. The molecule has 1 heterocycles. The molecule has 1 aromatic heterocycles. The van der Waals surface area contributed by atoms with Crippen molar-refractivity contribution in [3.63, 3.8) is 0 Å². The smallest absolute Gasteiger partial charge is 0.203 e. The average Bonchev–Trinajstić information content (AvgIpc) is 3.35. The fourth-order valence-corrected chi connectivity index (χ4v) is 3.63. The summed E-state index contributed by atoms with van der Waals surface area (Å²) in [5.74, 6) is 1.77. The zero-order valence-corrected chi connectivity index (χ0v) is 18.2. The van der Waals surface area contributed by atoms with E-state index >= 15 is 0 Å². The van der Waals surface area contributed by atoms with E-state index < -0.39 is 0 Å². The van der Waals surface area contributed by atoms with E-state index in [4.69, 9.17) is 14.2 Å². The number of aromatic amines is 1. The summed E-state index contributed by atoms with van der Waals surface area (Å²) in [6.07, 6.45) is 8.40. The molecule has 0 fully saturated rings. The summed E-state index contributed by atoms with van der Waals surface area (Å²) in [6, 6.07) is 5.60. The quantitative estimate of drug-likeness (QED) is 0.613. The lowest BCUT2D eigenvalue weighted by Crippen LogP contribution is -1.98. The minimum atomic E-state index is 0.122. The molecule has 0 unspecified atom stereocenters. The van der Waals surface area contributed by atoms with Gasteiger partial charge in [0, 0.05) is 23.1 Å². The van der Waals surface area contributed by atoms with Crippen LogP contribution in [0.4, 0.5) is 0 Å². The number of carbonyl (C=O) groups excluding carboxylic acids is 1. The third-order valence-corrected chi connectivity index (χ3v) is 5.13. The average molecular weight is 408 g/mol. The predicted molar refractivity (Wildman–Crippen MR) is 118 cm³/mol. The van der Waals surface area contributed by atoms with Gasteiger partial charge in [0.15, 0.2) is 17.3 Å². The Labute approximate surface area is 177 Å². The van der Waals surface area contributed by atoms with Gasteiger partial charge in [0.25, 0.3) is 0 Å². The number of aromatic nitrogens is 2. The molecule has 0 amide bonds. The maximum Gasteiger partial charge on any atom is 0.203 e. The summed E-state index contributed by atoms with van der Waals surface area (Å²) in [5.41, 5.74) is 5.11. The van der Waals surface area contributed by atoms with Crippen molar-refractivity contribution in [1.82, 2.24) is 10.2 Å². The summed E-state index contributed by atoms with van der Waals surface area (Å²) in [7, 11) is 4.73. The summed E-state index contributed by atoms with van der Waals surface area (Å²) < 4.78 is 16.2. The normalized spacial score (nSPS) is 15.5. The third-order valence-electron chi connectivity index (χ3n) is 5.13. The highest BCUT2D eigenvalue weighted by Gasteiger charge is 2.25. The van der Waals surface area contributed by atoms with Gasteiger partial charge in [0.1, 0.15) is 0 Å². The SMILES string of the molecule is CC/C=C\C1=C(CC)C(=O)/C(=C/c2cc(-c3cc(OC)c(OC)c(OC)c3)n[nH]2)C1. The van der Waals surface area contributed by atoms with Crippen molar-refractivity contribution in [2.24, 2.45) is 0 Å². The molecule has 0 saturated carbocycles. The number of nitrogens with one attached hydrogen (secondary N) is 1. The zero-order valence-electron chi connectivity index (χ0n) is 18.2. The van der Waals surface area contributed by atoms with E-state index in [0.717, 1.165) is 46.5 Å². The Morgan fingerprint density at radius 1 is 1.07 bits per heavy atom. The first kappa shape index (κ1) is 21.4. The fourth-order valence-electron chi connectivity index (χ4n) is 3.63. The van der Waals surface area contributed by atoms with Crippen molar-refractivity contribution in [1.29, 1.82) is 0 Å². The Hall–Kier alpha value is -3.28. The van der Waals surface area contributed by atoms with Gasteiger partial charge >= 0.3 is 0 Å². The summed E-state index contributed by atoms with van der Waals surface area (Å²) in [6.45, 7) is 4.11. The van der Waals surface area contributed by atoms with Crippen molar-refractivity contribution < 1.29 is 19.0 Å². The van der Waals surface area contributed by atoms with E-state index in [0.29, 0.717) is 23.7 Å². The van der Waals surface area contributed by atoms with E-state index in [9.17, 15) is 4.79 Å². The molecule has 2 aromatic rings. The van der Waals surface area contributed by atoms with Crippen molar-refractivity contribution in [2.45, 2.75) is 33.1 Å². The molecule has 1 aliphatic carbocycles. The second kappa shape index (κ2) is 9.48. The Bertz CT molecular complexity index is 1000. The number of ketones is 1. The van der Waals surface area contributed by atoms with Gasteiger partial charge in [0.2, 0.25) is 5.75 Å². The molecule has 1 N–H and O–H groups in total. The van der Waals surface area contributed by atoms with E-state index in [2.05, 4.69) is 29.3 Å². The molecule has 6 heteroatoms.